The third kappa shape index (κ3) is 4.67. The highest BCUT2D eigenvalue weighted by Gasteiger charge is 2.15. The number of guanidine groups is 1. The molecule has 6 heteroatoms. The van der Waals surface area contributed by atoms with Crippen LogP contribution in [0.1, 0.15) is 24.5 Å². The summed E-state index contributed by atoms with van der Waals surface area (Å²) in [6, 6.07) is 7.09. The van der Waals surface area contributed by atoms with Gasteiger partial charge in [0.2, 0.25) is 0 Å². The Balaban J connectivity index is 1.78. The Bertz CT molecular complexity index is 461. The van der Waals surface area contributed by atoms with Gasteiger partial charge in [0.05, 0.1) is 18.8 Å². The SMILES string of the molecule is NC(=NC[C@@H](O)c1cccc(Cl)c1)NCC1CCCO1. The van der Waals surface area contributed by atoms with Crippen LogP contribution in [-0.2, 0) is 4.74 Å². The van der Waals surface area contributed by atoms with Gasteiger partial charge in [0.15, 0.2) is 5.96 Å². The normalized spacial score (nSPS) is 20.9. The Morgan fingerprint density at radius 2 is 2.45 bits per heavy atom. The summed E-state index contributed by atoms with van der Waals surface area (Å²) in [5.74, 6) is 0.321. The molecule has 0 amide bonds. The first-order valence-corrected chi connectivity index (χ1v) is 7.12. The number of ether oxygens (including phenoxy) is 1. The lowest BCUT2D eigenvalue weighted by atomic mass is 10.1. The number of rotatable bonds is 5. The number of halogens is 1. The molecule has 2 atom stereocenters. The standard InChI is InChI=1S/C14H20ClN3O2/c15-11-4-1-3-10(7-11)13(19)9-18-14(16)17-8-12-5-2-6-20-12/h1,3-4,7,12-13,19H,2,5-6,8-9H2,(H3,16,17,18)/t12?,13-/m1/s1. The van der Waals surface area contributed by atoms with Crippen molar-refractivity contribution in [1.82, 2.24) is 5.32 Å². The number of nitrogens with zero attached hydrogens (tertiary/aromatic N) is 1. The largest absolute Gasteiger partial charge is 0.386 e. The van der Waals surface area contributed by atoms with Crippen molar-refractivity contribution in [3.63, 3.8) is 0 Å². The zero-order valence-corrected chi connectivity index (χ0v) is 12.0. The van der Waals surface area contributed by atoms with E-state index in [0.717, 1.165) is 25.0 Å². The first-order valence-electron chi connectivity index (χ1n) is 6.74. The molecular weight excluding hydrogens is 278 g/mol. The smallest absolute Gasteiger partial charge is 0.188 e. The van der Waals surface area contributed by atoms with E-state index in [1.165, 1.54) is 0 Å². The summed E-state index contributed by atoms with van der Waals surface area (Å²) in [7, 11) is 0. The summed E-state index contributed by atoms with van der Waals surface area (Å²) < 4.78 is 5.47. The zero-order chi connectivity index (χ0) is 14.4. The molecule has 1 aliphatic heterocycles. The average Bonchev–Trinajstić information content (AvgIpc) is 2.95. The number of nitrogens with two attached hydrogens (primary N) is 1. The summed E-state index contributed by atoms with van der Waals surface area (Å²) in [6.07, 6.45) is 1.64. The maximum Gasteiger partial charge on any atom is 0.188 e. The molecule has 1 fully saturated rings. The van der Waals surface area contributed by atoms with E-state index in [9.17, 15) is 5.11 Å². The molecule has 2 rings (SSSR count). The Morgan fingerprint density at radius 1 is 1.60 bits per heavy atom. The van der Waals surface area contributed by atoms with Gasteiger partial charge < -0.3 is 20.9 Å². The highest BCUT2D eigenvalue weighted by molar-refractivity contribution is 6.30. The van der Waals surface area contributed by atoms with Crippen LogP contribution in [0.2, 0.25) is 5.02 Å². The van der Waals surface area contributed by atoms with E-state index < -0.39 is 6.10 Å². The van der Waals surface area contributed by atoms with Crippen molar-refractivity contribution in [2.45, 2.75) is 25.0 Å². The number of benzene rings is 1. The summed E-state index contributed by atoms with van der Waals surface area (Å²) >= 11 is 5.88. The van der Waals surface area contributed by atoms with Crippen LogP contribution in [0.5, 0.6) is 0 Å². The second-order valence-corrected chi connectivity index (χ2v) is 5.25. The number of hydrogen-bond donors (Lipinski definition) is 3. The molecule has 1 aromatic rings. The van der Waals surface area contributed by atoms with Crippen molar-refractivity contribution in [2.24, 2.45) is 10.7 Å². The topological polar surface area (TPSA) is 79.9 Å². The van der Waals surface area contributed by atoms with E-state index in [-0.39, 0.29) is 12.6 Å². The minimum atomic E-state index is -0.711. The van der Waals surface area contributed by atoms with Crippen LogP contribution in [0.25, 0.3) is 0 Å². The molecule has 5 nitrogen and oxygen atoms in total. The second kappa shape index (κ2) is 7.47. The molecule has 1 aliphatic rings. The lowest BCUT2D eigenvalue weighted by Gasteiger charge is -2.12. The third-order valence-electron chi connectivity index (χ3n) is 3.20. The number of aliphatic imine (C=N–C) groups is 1. The fourth-order valence-corrected chi connectivity index (χ4v) is 2.28. The molecule has 20 heavy (non-hydrogen) atoms. The van der Waals surface area contributed by atoms with Gasteiger partial charge in [-0.05, 0) is 30.5 Å². The predicted molar refractivity (Wildman–Crippen MR) is 79.9 cm³/mol. The van der Waals surface area contributed by atoms with Crippen LogP contribution < -0.4 is 11.1 Å². The molecule has 0 aromatic heterocycles. The zero-order valence-electron chi connectivity index (χ0n) is 11.3. The van der Waals surface area contributed by atoms with Crippen molar-refractivity contribution in [3.05, 3.63) is 34.9 Å². The van der Waals surface area contributed by atoms with E-state index in [2.05, 4.69) is 10.3 Å². The van der Waals surface area contributed by atoms with Gasteiger partial charge in [-0.25, -0.2) is 0 Å². The number of aliphatic hydroxyl groups excluding tert-OH is 1. The molecular formula is C14H20ClN3O2. The quantitative estimate of drug-likeness (QED) is 0.568. The highest BCUT2D eigenvalue weighted by atomic mass is 35.5. The van der Waals surface area contributed by atoms with Crippen LogP contribution in [-0.4, -0.2) is 36.9 Å². The number of hydrogen-bond acceptors (Lipinski definition) is 3. The molecule has 0 spiro atoms. The molecule has 4 N–H and O–H groups in total. The monoisotopic (exact) mass is 297 g/mol. The molecule has 1 unspecified atom stereocenters. The minimum absolute atomic E-state index is 0.199. The molecule has 0 aliphatic carbocycles. The van der Waals surface area contributed by atoms with Crippen LogP contribution >= 0.6 is 11.6 Å². The summed E-state index contributed by atoms with van der Waals surface area (Å²) in [5, 5.41) is 13.6. The fraction of sp³-hybridized carbons (Fsp3) is 0.500. The van der Waals surface area contributed by atoms with Gasteiger partial charge in [-0.15, -0.1) is 0 Å². The fourth-order valence-electron chi connectivity index (χ4n) is 2.08. The Labute approximate surface area is 123 Å². The van der Waals surface area contributed by atoms with Gasteiger partial charge in [0.1, 0.15) is 0 Å². The van der Waals surface area contributed by atoms with E-state index >= 15 is 0 Å². The minimum Gasteiger partial charge on any atom is -0.386 e. The Kier molecular flexibility index (Phi) is 5.64. The lowest BCUT2D eigenvalue weighted by molar-refractivity contribution is 0.114. The Morgan fingerprint density at radius 3 is 3.15 bits per heavy atom. The van der Waals surface area contributed by atoms with Crippen molar-refractivity contribution in [3.8, 4) is 0 Å². The van der Waals surface area contributed by atoms with Gasteiger partial charge in [-0.2, -0.15) is 0 Å². The number of nitrogens with one attached hydrogen (secondary N) is 1. The molecule has 0 bridgehead atoms. The third-order valence-corrected chi connectivity index (χ3v) is 3.44. The van der Waals surface area contributed by atoms with E-state index in [1.54, 1.807) is 18.2 Å². The lowest BCUT2D eigenvalue weighted by Crippen LogP contribution is -2.37. The van der Waals surface area contributed by atoms with Crippen LogP contribution in [0.15, 0.2) is 29.3 Å². The van der Waals surface area contributed by atoms with Gasteiger partial charge in [0, 0.05) is 18.2 Å². The van der Waals surface area contributed by atoms with Crippen LogP contribution in [0.4, 0.5) is 0 Å². The van der Waals surface area contributed by atoms with Gasteiger partial charge in [0.25, 0.3) is 0 Å². The maximum absolute atomic E-state index is 10.00. The molecule has 110 valence electrons. The van der Waals surface area contributed by atoms with E-state index in [4.69, 9.17) is 22.1 Å². The molecule has 1 heterocycles. The Hall–Kier alpha value is -1.30. The van der Waals surface area contributed by atoms with E-state index in [1.807, 2.05) is 6.07 Å². The molecule has 1 saturated heterocycles. The van der Waals surface area contributed by atoms with E-state index in [0.29, 0.717) is 17.5 Å². The van der Waals surface area contributed by atoms with Crippen molar-refractivity contribution < 1.29 is 9.84 Å². The van der Waals surface area contributed by atoms with Crippen molar-refractivity contribution in [2.75, 3.05) is 19.7 Å². The first kappa shape index (κ1) is 15.1. The molecule has 1 aromatic carbocycles. The first-order chi connectivity index (χ1) is 9.65. The summed E-state index contributed by atoms with van der Waals surface area (Å²) in [4.78, 5) is 4.13. The van der Waals surface area contributed by atoms with Gasteiger partial charge in [-0.3, -0.25) is 4.99 Å². The maximum atomic E-state index is 10.00. The molecule has 0 saturated carbocycles. The van der Waals surface area contributed by atoms with Crippen LogP contribution in [0, 0.1) is 0 Å². The molecule has 0 radical (unpaired) electrons. The predicted octanol–water partition coefficient (Wildman–Crippen LogP) is 1.46. The van der Waals surface area contributed by atoms with Gasteiger partial charge >= 0.3 is 0 Å². The average molecular weight is 298 g/mol. The summed E-state index contributed by atoms with van der Waals surface area (Å²) in [5.41, 5.74) is 6.48. The van der Waals surface area contributed by atoms with Crippen LogP contribution in [0.3, 0.4) is 0 Å². The highest BCUT2D eigenvalue weighted by Crippen LogP contribution is 2.17. The number of aliphatic hydroxyl groups is 1. The second-order valence-electron chi connectivity index (χ2n) is 4.81. The summed E-state index contributed by atoms with van der Waals surface area (Å²) in [6.45, 7) is 1.67. The van der Waals surface area contributed by atoms with Crippen molar-refractivity contribution in [1.29, 1.82) is 0 Å². The van der Waals surface area contributed by atoms with Crippen molar-refractivity contribution >= 4 is 17.6 Å². The van der Waals surface area contributed by atoms with Gasteiger partial charge in [-0.1, -0.05) is 23.7 Å².